The number of carbonyl (C=O) groups is 1. The summed E-state index contributed by atoms with van der Waals surface area (Å²) in [5.74, 6) is 0.418. The first-order valence-corrected chi connectivity index (χ1v) is 11.5. The molecule has 10 atom stereocenters. The Bertz CT molecular complexity index is 689. The molecule has 0 spiro atoms. The van der Waals surface area contributed by atoms with E-state index in [0.29, 0.717) is 18.3 Å². The van der Waals surface area contributed by atoms with Crippen LogP contribution in [0, 0.1) is 40.4 Å². The zero-order chi connectivity index (χ0) is 21.1. The highest BCUT2D eigenvalue weighted by molar-refractivity contribution is 5.68. The van der Waals surface area contributed by atoms with Gasteiger partial charge >= 0.3 is 5.97 Å². The van der Waals surface area contributed by atoms with Crippen LogP contribution < -0.4 is 0 Å². The predicted molar refractivity (Wildman–Crippen MR) is 110 cm³/mol. The van der Waals surface area contributed by atoms with Gasteiger partial charge in [0.15, 0.2) is 0 Å². The van der Waals surface area contributed by atoms with Crippen LogP contribution in [-0.4, -0.2) is 44.7 Å². The number of aliphatic carboxylic acids is 1. The molecule has 0 bridgehead atoms. The minimum absolute atomic E-state index is 0.0237. The zero-order valence-corrected chi connectivity index (χ0v) is 18.1. The molecule has 164 valence electrons. The Morgan fingerprint density at radius 1 is 1.03 bits per heavy atom. The van der Waals surface area contributed by atoms with Crippen molar-refractivity contribution < 1.29 is 25.2 Å². The lowest BCUT2D eigenvalue weighted by Gasteiger charge is -2.63. The van der Waals surface area contributed by atoms with Gasteiger partial charge in [-0.25, -0.2) is 0 Å². The second kappa shape index (κ2) is 7.35. The summed E-state index contributed by atoms with van der Waals surface area (Å²) in [6, 6.07) is 0. The van der Waals surface area contributed by atoms with Gasteiger partial charge in [-0.3, -0.25) is 4.79 Å². The second-order valence-electron chi connectivity index (χ2n) is 11.0. The number of hydrogen-bond donors (Lipinski definition) is 4. The van der Waals surface area contributed by atoms with Crippen LogP contribution >= 0.6 is 0 Å². The van der Waals surface area contributed by atoms with Crippen LogP contribution in [0.4, 0.5) is 0 Å². The third kappa shape index (κ3) is 3.19. The fourth-order valence-electron chi connectivity index (χ4n) is 8.30. The second-order valence-corrected chi connectivity index (χ2v) is 11.0. The Kier molecular flexibility index (Phi) is 5.40. The molecule has 5 heteroatoms. The van der Waals surface area contributed by atoms with Gasteiger partial charge in [-0.2, -0.15) is 0 Å². The fourth-order valence-corrected chi connectivity index (χ4v) is 8.30. The molecule has 4 rings (SSSR count). The number of aliphatic hydroxyl groups is 3. The number of carboxylic acids is 1. The topological polar surface area (TPSA) is 98.0 Å². The Labute approximate surface area is 174 Å². The van der Waals surface area contributed by atoms with Gasteiger partial charge < -0.3 is 20.4 Å². The third-order valence-electron chi connectivity index (χ3n) is 9.91. The van der Waals surface area contributed by atoms with Gasteiger partial charge in [-0.1, -0.05) is 25.5 Å². The molecule has 4 fully saturated rings. The molecule has 4 saturated carbocycles. The minimum Gasteiger partial charge on any atom is -0.481 e. The van der Waals surface area contributed by atoms with E-state index in [-0.39, 0.29) is 47.2 Å². The van der Waals surface area contributed by atoms with Crippen LogP contribution in [0.5, 0.6) is 0 Å². The Balaban J connectivity index is 1.65. The third-order valence-corrected chi connectivity index (χ3v) is 9.91. The molecule has 4 N–H and O–H groups in total. The first-order chi connectivity index (χ1) is 13.6. The van der Waals surface area contributed by atoms with Crippen LogP contribution in [0.15, 0.2) is 11.6 Å². The van der Waals surface area contributed by atoms with Gasteiger partial charge in [0.2, 0.25) is 0 Å². The summed E-state index contributed by atoms with van der Waals surface area (Å²) >= 11 is 0. The number of hydrogen-bond acceptors (Lipinski definition) is 4. The zero-order valence-electron chi connectivity index (χ0n) is 18.1. The highest BCUT2D eigenvalue weighted by Crippen LogP contribution is 2.68. The first-order valence-electron chi connectivity index (χ1n) is 11.5. The van der Waals surface area contributed by atoms with Gasteiger partial charge in [0.05, 0.1) is 24.7 Å². The maximum atomic E-state index is 11.4. The summed E-state index contributed by atoms with van der Waals surface area (Å²) in [5, 5.41) is 41.9. The van der Waals surface area contributed by atoms with E-state index in [1.54, 1.807) is 0 Å². The van der Waals surface area contributed by atoms with Crippen molar-refractivity contribution in [2.24, 2.45) is 40.4 Å². The van der Waals surface area contributed by atoms with Crippen molar-refractivity contribution in [3.05, 3.63) is 11.6 Å². The van der Waals surface area contributed by atoms with Crippen molar-refractivity contribution in [2.75, 3.05) is 0 Å². The van der Waals surface area contributed by atoms with E-state index in [9.17, 15) is 20.1 Å². The van der Waals surface area contributed by atoms with Crippen LogP contribution in [-0.2, 0) is 4.79 Å². The number of fused-ring (bicyclic) bond motifs is 5. The van der Waals surface area contributed by atoms with Gasteiger partial charge in [-0.05, 0) is 86.9 Å². The molecule has 29 heavy (non-hydrogen) atoms. The predicted octanol–water partition coefficient (Wildman–Crippen LogP) is 3.37. The molecule has 0 aromatic heterocycles. The molecule has 0 saturated heterocycles. The molecular weight excluding hydrogens is 368 g/mol. The number of carboxylic acid groups (broad SMARTS) is 1. The van der Waals surface area contributed by atoms with E-state index >= 15 is 0 Å². The molecule has 4 aliphatic carbocycles. The maximum absolute atomic E-state index is 11.4. The van der Waals surface area contributed by atoms with Crippen LogP contribution in [0.2, 0.25) is 0 Å². The summed E-state index contributed by atoms with van der Waals surface area (Å²) in [5.41, 5.74) is 0.848. The lowest BCUT2D eigenvalue weighted by Crippen LogP contribution is -2.62. The van der Waals surface area contributed by atoms with E-state index in [2.05, 4.69) is 13.8 Å². The molecule has 10 unspecified atom stereocenters. The van der Waals surface area contributed by atoms with Gasteiger partial charge in [0.1, 0.15) is 0 Å². The summed E-state index contributed by atoms with van der Waals surface area (Å²) in [6.45, 7) is 6.53. The lowest BCUT2D eigenvalue weighted by atomic mass is 9.43. The molecule has 0 radical (unpaired) electrons. The summed E-state index contributed by atoms with van der Waals surface area (Å²) in [4.78, 5) is 11.0. The van der Waals surface area contributed by atoms with Crippen molar-refractivity contribution in [3.63, 3.8) is 0 Å². The van der Waals surface area contributed by atoms with E-state index in [0.717, 1.165) is 44.1 Å². The van der Waals surface area contributed by atoms with E-state index < -0.39 is 12.1 Å². The molecule has 0 aliphatic heterocycles. The monoisotopic (exact) mass is 406 g/mol. The van der Waals surface area contributed by atoms with Crippen LogP contribution in [0.1, 0.15) is 72.1 Å². The normalized spacial score (nSPS) is 52.4. The molecule has 0 amide bonds. The maximum Gasteiger partial charge on any atom is 0.307 e. The minimum atomic E-state index is -0.825. The standard InChI is InChI=1S/C24H38O5/c1-13(4-7-21(28)29)16-5-6-17-22-18(12-20(27)24(16,17)3)23(2)9-8-15(25)10-14(23)11-19(22)26/h4,14-20,22,25-27H,5-12H2,1-3H3,(H,28,29). The van der Waals surface area contributed by atoms with Crippen LogP contribution in [0.25, 0.3) is 0 Å². The summed E-state index contributed by atoms with van der Waals surface area (Å²) in [7, 11) is 0. The number of rotatable bonds is 3. The highest BCUT2D eigenvalue weighted by Gasteiger charge is 2.65. The average Bonchev–Trinajstić information content (AvgIpc) is 3.01. The SMILES string of the molecule is CC(=CCC(=O)O)C1CCC2C3C(O)CC4CC(O)CCC4(C)C3CC(O)C12C. The molecule has 5 nitrogen and oxygen atoms in total. The van der Waals surface area contributed by atoms with Crippen molar-refractivity contribution in [3.8, 4) is 0 Å². The van der Waals surface area contributed by atoms with Gasteiger partial charge in [-0.15, -0.1) is 0 Å². The Morgan fingerprint density at radius 3 is 2.45 bits per heavy atom. The Morgan fingerprint density at radius 2 is 1.76 bits per heavy atom. The van der Waals surface area contributed by atoms with Crippen LogP contribution in [0.3, 0.4) is 0 Å². The van der Waals surface area contributed by atoms with Gasteiger partial charge in [0.25, 0.3) is 0 Å². The van der Waals surface area contributed by atoms with E-state index in [1.165, 1.54) is 0 Å². The summed E-state index contributed by atoms with van der Waals surface area (Å²) < 4.78 is 0. The summed E-state index contributed by atoms with van der Waals surface area (Å²) in [6.07, 6.45) is 6.75. The van der Waals surface area contributed by atoms with Gasteiger partial charge in [0, 0.05) is 5.41 Å². The van der Waals surface area contributed by atoms with E-state index in [1.807, 2.05) is 13.0 Å². The quantitative estimate of drug-likeness (QED) is 0.539. The lowest BCUT2D eigenvalue weighted by molar-refractivity contribution is -0.202. The largest absolute Gasteiger partial charge is 0.481 e. The smallest absolute Gasteiger partial charge is 0.307 e. The Hall–Kier alpha value is -0.910. The van der Waals surface area contributed by atoms with Crippen molar-refractivity contribution in [2.45, 2.75) is 90.4 Å². The fraction of sp³-hybridized carbons (Fsp3) is 0.875. The molecule has 0 aromatic carbocycles. The average molecular weight is 407 g/mol. The van der Waals surface area contributed by atoms with Crippen molar-refractivity contribution in [1.82, 2.24) is 0 Å². The highest BCUT2D eigenvalue weighted by atomic mass is 16.4. The van der Waals surface area contributed by atoms with Crippen molar-refractivity contribution in [1.29, 1.82) is 0 Å². The molecule has 0 heterocycles. The molecular formula is C24H38O5. The van der Waals surface area contributed by atoms with Crippen molar-refractivity contribution >= 4 is 5.97 Å². The molecule has 0 aromatic rings. The number of aliphatic hydroxyl groups excluding tert-OH is 3. The first kappa shape index (κ1) is 21.3. The molecule has 4 aliphatic rings. The number of allylic oxidation sites excluding steroid dienone is 1. The van der Waals surface area contributed by atoms with E-state index in [4.69, 9.17) is 5.11 Å².